The zero-order valence-electron chi connectivity index (χ0n) is 17.0. The van der Waals surface area contributed by atoms with Gasteiger partial charge in [-0.2, -0.15) is 5.10 Å². The summed E-state index contributed by atoms with van der Waals surface area (Å²) >= 11 is 0. The van der Waals surface area contributed by atoms with Crippen molar-refractivity contribution in [2.24, 2.45) is 0 Å². The van der Waals surface area contributed by atoms with Crippen LogP contribution in [0.5, 0.6) is 0 Å². The van der Waals surface area contributed by atoms with Gasteiger partial charge < -0.3 is 10.7 Å². The summed E-state index contributed by atoms with van der Waals surface area (Å²) in [5.41, 5.74) is 8.87. The monoisotopic (exact) mass is 431 g/mol. The standard InChI is InChI=1S/C24H19F2N5O/c25-17-9-14(16-10-29-31-23(16)19(17)26)18-15-8-13(11-4-1-2-5-11)21-12(6-3-7-28-21)22(15)30-24(32)20(18)27/h3,6-11H,1-2,4-5,27H2,(H,29,31)(H,30,32). The minimum Gasteiger partial charge on any atom is -0.394 e. The highest BCUT2D eigenvalue weighted by atomic mass is 19.2. The maximum atomic E-state index is 14.5. The van der Waals surface area contributed by atoms with E-state index in [1.165, 1.54) is 6.20 Å². The molecule has 1 aliphatic carbocycles. The van der Waals surface area contributed by atoms with Crippen LogP contribution in [0, 0.1) is 11.6 Å². The molecule has 2 aromatic carbocycles. The largest absolute Gasteiger partial charge is 0.394 e. The molecule has 0 radical (unpaired) electrons. The molecule has 8 heteroatoms. The van der Waals surface area contributed by atoms with E-state index in [9.17, 15) is 13.6 Å². The molecule has 0 amide bonds. The van der Waals surface area contributed by atoms with E-state index < -0.39 is 17.2 Å². The van der Waals surface area contributed by atoms with E-state index in [0.717, 1.165) is 48.2 Å². The van der Waals surface area contributed by atoms with Crippen molar-refractivity contribution in [2.75, 3.05) is 5.73 Å². The fraction of sp³-hybridized carbons (Fsp3) is 0.208. The van der Waals surface area contributed by atoms with Gasteiger partial charge in [0.1, 0.15) is 11.2 Å². The first-order chi connectivity index (χ1) is 15.5. The van der Waals surface area contributed by atoms with E-state index >= 15 is 0 Å². The van der Waals surface area contributed by atoms with E-state index in [2.05, 4.69) is 20.2 Å². The Morgan fingerprint density at radius 2 is 1.88 bits per heavy atom. The van der Waals surface area contributed by atoms with Crippen LogP contribution in [0.4, 0.5) is 14.5 Å². The zero-order valence-corrected chi connectivity index (χ0v) is 17.0. The number of nitrogens with two attached hydrogens (primary N) is 1. The van der Waals surface area contributed by atoms with Crippen LogP contribution in [-0.4, -0.2) is 20.2 Å². The molecular formula is C24H19F2N5O. The van der Waals surface area contributed by atoms with Crippen LogP contribution in [0.3, 0.4) is 0 Å². The minimum atomic E-state index is -1.04. The van der Waals surface area contributed by atoms with Crippen molar-refractivity contribution in [3.05, 3.63) is 64.2 Å². The number of H-pyrrole nitrogens is 2. The zero-order chi connectivity index (χ0) is 22.0. The first kappa shape index (κ1) is 18.9. The maximum Gasteiger partial charge on any atom is 0.272 e. The Kier molecular flexibility index (Phi) is 4.05. The minimum absolute atomic E-state index is 0.0494. The van der Waals surface area contributed by atoms with Crippen molar-refractivity contribution in [3.8, 4) is 11.1 Å². The lowest BCUT2D eigenvalue weighted by Gasteiger charge is -2.18. The molecule has 32 heavy (non-hydrogen) atoms. The Labute approximate surface area is 180 Å². The van der Waals surface area contributed by atoms with Crippen LogP contribution in [0.15, 0.2) is 41.5 Å². The number of nitrogen functional groups attached to an aromatic ring is 1. The van der Waals surface area contributed by atoms with Crippen LogP contribution in [0.2, 0.25) is 0 Å². The second kappa shape index (κ2) is 6.85. The molecule has 4 N–H and O–H groups in total. The molecule has 0 saturated heterocycles. The summed E-state index contributed by atoms with van der Waals surface area (Å²) < 4.78 is 28.9. The van der Waals surface area contributed by atoms with Crippen molar-refractivity contribution in [2.45, 2.75) is 31.6 Å². The SMILES string of the molecule is Nc1c(-c2cc(F)c(F)c3[nH]ncc23)c2cc(C3CCCC3)c3ncccc3c2[nH]c1=O. The third kappa shape index (κ3) is 2.58. The molecule has 160 valence electrons. The fourth-order valence-electron chi connectivity index (χ4n) is 5.14. The number of hydrogen-bond acceptors (Lipinski definition) is 4. The Hall–Kier alpha value is -3.81. The molecular weight excluding hydrogens is 412 g/mol. The average Bonchev–Trinajstić information content (AvgIpc) is 3.50. The number of fused-ring (bicyclic) bond motifs is 4. The smallest absolute Gasteiger partial charge is 0.272 e. The summed E-state index contributed by atoms with van der Waals surface area (Å²) in [5, 5.41) is 8.23. The van der Waals surface area contributed by atoms with Crippen molar-refractivity contribution in [1.82, 2.24) is 20.2 Å². The number of rotatable bonds is 2. The summed E-state index contributed by atoms with van der Waals surface area (Å²) in [6, 6.07) is 6.83. The lowest BCUT2D eigenvalue weighted by molar-refractivity contribution is 0.515. The number of anilines is 1. The molecule has 0 spiro atoms. The second-order valence-electron chi connectivity index (χ2n) is 8.39. The van der Waals surface area contributed by atoms with E-state index in [1.807, 2.05) is 18.2 Å². The van der Waals surface area contributed by atoms with Gasteiger partial charge in [-0.15, -0.1) is 0 Å². The Morgan fingerprint density at radius 3 is 2.69 bits per heavy atom. The molecule has 0 bridgehead atoms. The van der Waals surface area contributed by atoms with Gasteiger partial charge in [0.25, 0.3) is 5.56 Å². The first-order valence-corrected chi connectivity index (χ1v) is 10.6. The third-order valence-electron chi connectivity index (χ3n) is 6.64. The van der Waals surface area contributed by atoms with Crippen LogP contribution in [-0.2, 0) is 0 Å². The molecule has 1 saturated carbocycles. The number of hydrogen-bond donors (Lipinski definition) is 3. The number of halogens is 2. The quantitative estimate of drug-likeness (QED) is 0.337. The Bertz CT molecular complexity index is 1600. The summed E-state index contributed by atoms with van der Waals surface area (Å²) in [4.78, 5) is 20.4. The van der Waals surface area contributed by atoms with Gasteiger partial charge in [-0.3, -0.25) is 14.9 Å². The summed E-state index contributed by atoms with van der Waals surface area (Å²) in [6.07, 6.45) is 7.57. The highest BCUT2D eigenvalue weighted by molar-refractivity contribution is 6.15. The average molecular weight is 431 g/mol. The summed E-state index contributed by atoms with van der Waals surface area (Å²) in [5.74, 6) is -1.71. The normalized spacial score (nSPS) is 14.8. The number of pyridine rings is 2. The maximum absolute atomic E-state index is 14.5. The molecule has 3 heterocycles. The summed E-state index contributed by atoms with van der Waals surface area (Å²) in [6.45, 7) is 0. The van der Waals surface area contributed by atoms with Crippen LogP contribution in [0.25, 0.3) is 43.8 Å². The van der Waals surface area contributed by atoms with Crippen molar-refractivity contribution in [1.29, 1.82) is 0 Å². The number of nitrogens with zero attached hydrogens (tertiary/aromatic N) is 2. The van der Waals surface area contributed by atoms with E-state index in [-0.39, 0.29) is 11.2 Å². The number of benzene rings is 2. The number of aromatic amines is 2. The molecule has 6 rings (SSSR count). The van der Waals surface area contributed by atoms with Crippen molar-refractivity contribution >= 4 is 38.4 Å². The van der Waals surface area contributed by atoms with E-state index in [1.54, 1.807) is 6.20 Å². The van der Waals surface area contributed by atoms with E-state index in [0.29, 0.717) is 33.3 Å². The van der Waals surface area contributed by atoms with Gasteiger partial charge in [0.05, 0.1) is 17.2 Å². The Morgan fingerprint density at radius 1 is 1.06 bits per heavy atom. The molecule has 0 atom stereocenters. The molecule has 1 fully saturated rings. The molecule has 1 aliphatic rings. The topological polar surface area (TPSA) is 100 Å². The number of aromatic nitrogens is 4. The highest BCUT2D eigenvalue weighted by Crippen LogP contribution is 2.43. The van der Waals surface area contributed by atoms with Crippen LogP contribution < -0.4 is 11.3 Å². The van der Waals surface area contributed by atoms with Crippen molar-refractivity contribution < 1.29 is 8.78 Å². The van der Waals surface area contributed by atoms with Crippen LogP contribution >= 0.6 is 0 Å². The van der Waals surface area contributed by atoms with Gasteiger partial charge in [0.15, 0.2) is 11.6 Å². The lowest BCUT2D eigenvalue weighted by atomic mass is 9.89. The lowest BCUT2D eigenvalue weighted by Crippen LogP contribution is -2.14. The van der Waals surface area contributed by atoms with Crippen molar-refractivity contribution in [3.63, 3.8) is 0 Å². The first-order valence-electron chi connectivity index (χ1n) is 10.6. The molecule has 6 nitrogen and oxygen atoms in total. The number of nitrogens with one attached hydrogen (secondary N) is 2. The third-order valence-corrected chi connectivity index (χ3v) is 6.64. The van der Waals surface area contributed by atoms with Gasteiger partial charge in [-0.05, 0) is 54.2 Å². The van der Waals surface area contributed by atoms with E-state index in [4.69, 9.17) is 5.73 Å². The summed E-state index contributed by atoms with van der Waals surface area (Å²) in [7, 11) is 0. The van der Waals surface area contributed by atoms with Gasteiger partial charge in [0.2, 0.25) is 0 Å². The van der Waals surface area contributed by atoms with Gasteiger partial charge in [-0.25, -0.2) is 8.78 Å². The Balaban J connectivity index is 1.81. The second-order valence-corrected chi connectivity index (χ2v) is 8.39. The predicted octanol–water partition coefficient (Wildman–Crippen LogP) is 5.14. The predicted molar refractivity (Wildman–Crippen MR) is 120 cm³/mol. The van der Waals surface area contributed by atoms with Gasteiger partial charge >= 0.3 is 0 Å². The molecule has 3 aromatic heterocycles. The highest BCUT2D eigenvalue weighted by Gasteiger charge is 2.25. The van der Waals surface area contributed by atoms with Gasteiger partial charge in [0, 0.05) is 27.9 Å². The van der Waals surface area contributed by atoms with Crippen LogP contribution in [0.1, 0.15) is 37.2 Å². The molecule has 0 unspecified atom stereocenters. The molecule has 0 aliphatic heterocycles. The fourth-order valence-corrected chi connectivity index (χ4v) is 5.14. The van der Waals surface area contributed by atoms with Gasteiger partial charge in [-0.1, -0.05) is 12.8 Å². The molecule has 5 aromatic rings.